The molecule has 0 aliphatic carbocycles. The molecule has 0 aliphatic heterocycles. The topological polar surface area (TPSA) is 76.9 Å². The number of pyridine rings is 1. The van der Waals surface area contributed by atoms with E-state index >= 15 is 0 Å². The Morgan fingerprint density at radius 3 is 2.70 bits per heavy atom. The lowest BCUT2D eigenvalue weighted by Gasteiger charge is -2.08. The molecule has 3 rings (SSSR count). The fourth-order valence-electron chi connectivity index (χ4n) is 2.29. The van der Waals surface area contributed by atoms with Gasteiger partial charge in [-0.05, 0) is 36.2 Å². The third kappa shape index (κ3) is 3.26. The Morgan fingerprint density at radius 2 is 1.96 bits per heavy atom. The highest BCUT2D eigenvalue weighted by atomic mass is 16.2. The standard InChI is InChI=1S/C17H16N4O2/c1-2-12-5-7-13(8-6-12)20-15(22)10-21-11-19-16-14(17(21)23)4-3-9-18-16/h3-9,11H,2,10H2,1H3,(H,20,22). The van der Waals surface area contributed by atoms with E-state index in [1.165, 1.54) is 16.5 Å². The molecule has 1 amide bonds. The van der Waals surface area contributed by atoms with Gasteiger partial charge in [-0.1, -0.05) is 19.1 Å². The molecule has 0 aliphatic rings. The fourth-order valence-corrected chi connectivity index (χ4v) is 2.29. The predicted octanol–water partition coefficient (Wildman–Crippen LogP) is 1.99. The molecule has 6 nitrogen and oxygen atoms in total. The Hall–Kier alpha value is -3.02. The average molecular weight is 308 g/mol. The van der Waals surface area contributed by atoms with Crippen LogP contribution in [0.1, 0.15) is 12.5 Å². The lowest BCUT2D eigenvalue weighted by molar-refractivity contribution is -0.116. The van der Waals surface area contributed by atoms with Crippen LogP contribution in [0.3, 0.4) is 0 Å². The van der Waals surface area contributed by atoms with Crippen molar-refractivity contribution in [3.05, 3.63) is 64.8 Å². The first-order valence-electron chi connectivity index (χ1n) is 7.36. The average Bonchev–Trinajstić information content (AvgIpc) is 2.58. The zero-order valence-corrected chi connectivity index (χ0v) is 12.7. The van der Waals surface area contributed by atoms with Crippen molar-refractivity contribution in [2.45, 2.75) is 19.9 Å². The van der Waals surface area contributed by atoms with Gasteiger partial charge in [0.1, 0.15) is 12.9 Å². The second-order valence-electron chi connectivity index (χ2n) is 5.15. The van der Waals surface area contributed by atoms with Gasteiger partial charge < -0.3 is 5.32 Å². The predicted molar refractivity (Wildman–Crippen MR) is 88.2 cm³/mol. The van der Waals surface area contributed by atoms with Crippen LogP contribution in [-0.4, -0.2) is 20.4 Å². The van der Waals surface area contributed by atoms with Gasteiger partial charge in [0.05, 0.1) is 5.39 Å². The van der Waals surface area contributed by atoms with Crippen LogP contribution in [0.2, 0.25) is 0 Å². The molecule has 0 unspecified atom stereocenters. The maximum absolute atomic E-state index is 12.3. The summed E-state index contributed by atoms with van der Waals surface area (Å²) in [5.41, 5.74) is 2.00. The van der Waals surface area contributed by atoms with E-state index < -0.39 is 0 Å². The first-order chi connectivity index (χ1) is 11.2. The molecule has 1 N–H and O–H groups in total. The lowest BCUT2D eigenvalue weighted by Crippen LogP contribution is -2.28. The summed E-state index contributed by atoms with van der Waals surface area (Å²) in [7, 11) is 0. The van der Waals surface area contributed by atoms with Gasteiger partial charge in [-0.25, -0.2) is 9.97 Å². The summed E-state index contributed by atoms with van der Waals surface area (Å²) in [6, 6.07) is 10.9. The molecule has 6 heteroatoms. The summed E-state index contributed by atoms with van der Waals surface area (Å²) in [5, 5.41) is 3.17. The lowest BCUT2D eigenvalue weighted by atomic mass is 10.1. The van der Waals surface area contributed by atoms with E-state index in [4.69, 9.17) is 0 Å². The van der Waals surface area contributed by atoms with Gasteiger partial charge in [-0.3, -0.25) is 14.2 Å². The molecule has 0 bridgehead atoms. The monoisotopic (exact) mass is 308 g/mol. The molecule has 0 spiro atoms. The molecule has 116 valence electrons. The van der Waals surface area contributed by atoms with Crippen molar-refractivity contribution in [3.63, 3.8) is 0 Å². The van der Waals surface area contributed by atoms with Crippen molar-refractivity contribution in [2.75, 3.05) is 5.32 Å². The van der Waals surface area contributed by atoms with Gasteiger partial charge in [-0.15, -0.1) is 0 Å². The second kappa shape index (κ2) is 6.39. The van der Waals surface area contributed by atoms with Crippen molar-refractivity contribution in [3.8, 4) is 0 Å². The maximum atomic E-state index is 12.3. The number of carbonyl (C=O) groups is 1. The molecule has 1 aromatic carbocycles. The summed E-state index contributed by atoms with van der Waals surface area (Å²) in [4.78, 5) is 32.5. The molecule has 2 aromatic heterocycles. The quantitative estimate of drug-likeness (QED) is 0.799. The summed E-state index contributed by atoms with van der Waals surface area (Å²) >= 11 is 0. The van der Waals surface area contributed by atoms with Gasteiger partial charge in [0, 0.05) is 11.9 Å². The minimum atomic E-state index is -0.278. The van der Waals surface area contributed by atoms with Gasteiger partial charge in [0.25, 0.3) is 5.56 Å². The molecular formula is C17H16N4O2. The molecule has 0 fully saturated rings. The van der Waals surface area contributed by atoms with E-state index in [1.54, 1.807) is 18.3 Å². The number of amides is 1. The third-order valence-electron chi connectivity index (χ3n) is 3.56. The Bertz CT molecular complexity index is 900. The number of fused-ring (bicyclic) bond motifs is 1. The van der Waals surface area contributed by atoms with Crippen LogP contribution in [0, 0.1) is 0 Å². The Labute approximate surface area is 132 Å². The number of nitrogens with zero attached hydrogens (tertiary/aromatic N) is 3. The zero-order valence-electron chi connectivity index (χ0n) is 12.7. The van der Waals surface area contributed by atoms with E-state index in [0.717, 1.165) is 6.42 Å². The normalized spacial score (nSPS) is 10.7. The molecule has 0 atom stereocenters. The van der Waals surface area contributed by atoms with E-state index in [9.17, 15) is 9.59 Å². The van der Waals surface area contributed by atoms with Gasteiger partial charge in [0.2, 0.25) is 5.91 Å². The Kier molecular flexibility index (Phi) is 4.14. The molecule has 0 saturated heterocycles. The summed E-state index contributed by atoms with van der Waals surface area (Å²) in [6.45, 7) is 1.98. The van der Waals surface area contributed by atoms with Crippen LogP contribution in [0.5, 0.6) is 0 Å². The highest BCUT2D eigenvalue weighted by molar-refractivity contribution is 5.90. The van der Waals surface area contributed by atoms with Crippen molar-refractivity contribution in [1.82, 2.24) is 14.5 Å². The van der Waals surface area contributed by atoms with E-state index in [1.807, 2.05) is 24.3 Å². The van der Waals surface area contributed by atoms with Crippen molar-refractivity contribution in [1.29, 1.82) is 0 Å². The van der Waals surface area contributed by atoms with Crippen LogP contribution in [0.25, 0.3) is 11.0 Å². The van der Waals surface area contributed by atoms with E-state index in [2.05, 4.69) is 22.2 Å². The van der Waals surface area contributed by atoms with Crippen molar-refractivity contribution < 1.29 is 4.79 Å². The van der Waals surface area contributed by atoms with Crippen LogP contribution in [0.4, 0.5) is 5.69 Å². The van der Waals surface area contributed by atoms with Gasteiger partial charge in [-0.2, -0.15) is 0 Å². The largest absolute Gasteiger partial charge is 0.325 e. The number of aryl methyl sites for hydroxylation is 1. The van der Waals surface area contributed by atoms with Crippen LogP contribution in [-0.2, 0) is 17.8 Å². The molecule has 3 aromatic rings. The first kappa shape index (κ1) is 14.9. The van der Waals surface area contributed by atoms with E-state index in [-0.39, 0.29) is 18.0 Å². The summed E-state index contributed by atoms with van der Waals surface area (Å²) in [6.07, 6.45) is 3.86. The molecule has 2 heterocycles. The number of hydrogen-bond acceptors (Lipinski definition) is 4. The number of carbonyl (C=O) groups excluding carboxylic acids is 1. The smallest absolute Gasteiger partial charge is 0.263 e. The van der Waals surface area contributed by atoms with Crippen LogP contribution < -0.4 is 10.9 Å². The molecule has 0 radical (unpaired) electrons. The van der Waals surface area contributed by atoms with Crippen molar-refractivity contribution in [2.24, 2.45) is 0 Å². The fraction of sp³-hybridized carbons (Fsp3) is 0.176. The third-order valence-corrected chi connectivity index (χ3v) is 3.56. The Balaban J connectivity index is 1.77. The number of rotatable bonds is 4. The summed E-state index contributed by atoms with van der Waals surface area (Å²) < 4.78 is 1.28. The minimum Gasteiger partial charge on any atom is -0.325 e. The highest BCUT2D eigenvalue weighted by Gasteiger charge is 2.08. The van der Waals surface area contributed by atoms with Crippen LogP contribution in [0.15, 0.2) is 53.7 Å². The number of aromatic nitrogens is 3. The van der Waals surface area contributed by atoms with E-state index in [0.29, 0.717) is 16.7 Å². The SMILES string of the molecule is CCc1ccc(NC(=O)Cn2cnc3ncccc3c2=O)cc1. The van der Waals surface area contributed by atoms with Crippen LogP contribution >= 0.6 is 0 Å². The molecular weight excluding hydrogens is 292 g/mol. The van der Waals surface area contributed by atoms with Gasteiger partial charge >= 0.3 is 0 Å². The number of benzene rings is 1. The number of anilines is 1. The molecule has 0 saturated carbocycles. The number of hydrogen-bond donors (Lipinski definition) is 1. The summed E-state index contributed by atoms with van der Waals surface area (Å²) in [5.74, 6) is -0.276. The second-order valence-corrected chi connectivity index (χ2v) is 5.15. The highest BCUT2D eigenvalue weighted by Crippen LogP contribution is 2.10. The minimum absolute atomic E-state index is 0.0911. The number of nitrogens with one attached hydrogen (secondary N) is 1. The first-order valence-corrected chi connectivity index (χ1v) is 7.36. The zero-order chi connectivity index (χ0) is 16.2. The Morgan fingerprint density at radius 1 is 1.17 bits per heavy atom. The maximum Gasteiger partial charge on any atom is 0.263 e. The molecule has 23 heavy (non-hydrogen) atoms. The van der Waals surface area contributed by atoms with Gasteiger partial charge in [0.15, 0.2) is 5.65 Å². The van der Waals surface area contributed by atoms with Crippen molar-refractivity contribution >= 4 is 22.6 Å².